The number of rotatable bonds is 5. The number of ether oxygens (including phenoxy) is 1. The lowest BCUT2D eigenvalue weighted by Crippen LogP contribution is -2.30. The van der Waals surface area contributed by atoms with Gasteiger partial charge in [0.05, 0.1) is 5.56 Å². The molecule has 0 N–H and O–H groups in total. The molecule has 0 bridgehead atoms. The summed E-state index contributed by atoms with van der Waals surface area (Å²) >= 11 is 3.32. The quantitative estimate of drug-likeness (QED) is 0.772. The normalized spacial score (nSPS) is 10.3. The van der Waals surface area contributed by atoms with Crippen molar-refractivity contribution in [2.75, 3.05) is 20.2 Å². The van der Waals surface area contributed by atoms with Crippen molar-refractivity contribution in [2.45, 2.75) is 19.9 Å². The van der Waals surface area contributed by atoms with E-state index in [4.69, 9.17) is 4.74 Å². The second-order valence-corrected chi connectivity index (χ2v) is 5.14. The molecule has 102 valence electrons. The SMILES string of the molecule is CC(C)N(C)CCOC(=O)c1cccc(Br)c1.Cl. The molecule has 5 heteroatoms. The van der Waals surface area contributed by atoms with Crippen LogP contribution < -0.4 is 0 Å². The summed E-state index contributed by atoms with van der Waals surface area (Å²) < 4.78 is 6.08. The van der Waals surface area contributed by atoms with Crippen LogP contribution in [-0.4, -0.2) is 37.1 Å². The van der Waals surface area contributed by atoms with Crippen LogP contribution in [-0.2, 0) is 4.74 Å². The molecule has 1 aromatic rings. The Bertz CT molecular complexity index is 385. The fourth-order valence-corrected chi connectivity index (χ4v) is 1.64. The van der Waals surface area contributed by atoms with Gasteiger partial charge in [-0.15, -0.1) is 12.4 Å². The molecule has 0 aliphatic carbocycles. The number of carbonyl (C=O) groups excluding carboxylic acids is 1. The molecule has 18 heavy (non-hydrogen) atoms. The molecule has 0 aromatic heterocycles. The number of likely N-dealkylation sites (N-methyl/N-ethyl adjacent to an activating group) is 1. The lowest BCUT2D eigenvalue weighted by molar-refractivity contribution is 0.0461. The van der Waals surface area contributed by atoms with Crippen LogP contribution in [0.5, 0.6) is 0 Å². The average Bonchev–Trinajstić information content (AvgIpc) is 2.28. The molecule has 0 saturated carbocycles. The third kappa shape index (κ3) is 5.85. The first-order valence-corrected chi connectivity index (χ1v) is 6.43. The third-order valence-electron chi connectivity index (χ3n) is 2.62. The Balaban J connectivity index is 0.00000289. The van der Waals surface area contributed by atoms with Gasteiger partial charge < -0.3 is 9.64 Å². The van der Waals surface area contributed by atoms with Crippen LogP contribution in [0.3, 0.4) is 0 Å². The van der Waals surface area contributed by atoms with Gasteiger partial charge in [-0.25, -0.2) is 4.79 Å². The van der Waals surface area contributed by atoms with Gasteiger partial charge in [-0.3, -0.25) is 0 Å². The first-order chi connectivity index (χ1) is 8.00. The molecule has 1 rings (SSSR count). The molecule has 0 atom stereocenters. The molecule has 0 radical (unpaired) electrons. The van der Waals surface area contributed by atoms with Crippen molar-refractivity contribution in [1.82, 2.24) is 4.90 Å². The molecule has 0 aliphatic rings. The summed E-state index contributed by atoms with van der Waals surface area (Å²) in [5, 5.41) is 0. The van der Waals surface area contributed by atoms with Crippen molar-refractivity contribution in [2.24, 2.45) is 0 Å². The van der Waals surface area contributed by atoms with Crippen molar-refractivity contribution >= 4 is 34.3 Å². The standard InChI is InChI=1S/C13H18BrNO2.ClH/c1-10(2)15(3)7-8-17-13(16)11-5-4-6-12(14)9-11;/h4-6,9-10H,7-8H2,1-3H3;1H. The van der Waals surface area contributed by atoms with E-state index in [0.717, 1.165) is 11.0 Å². The van der Waals surface area contributed by atoms with E-state index in [1.807, 2.05) is 19.2 Å². The number of benzene rings is 1. The van der Waals surface area contributed by atoms with Crippen LogP contribution in [0, 0.1) is 0 Å². The Hall–Kier alpha value is -0.580. The molecule has 0 amide bonds. The molecule has 0 unspecified atom stereocenters. The summed E-state index contributed by atoms with van der Waals surface area (Å²) in [5.74, 6) is -0.275. The van der Waals surface area contributed by atoms with Gasteiger partial charge in [-0.2, -0.15) is 0 Å². The van der Waals surface area contributed by atoms with Crippen molar-refractivity contribution in [3.8, 4) is 0 Å². The van der Waals surface area contributed by atoms with E-state index in [-0.39, 0.29) is 18.4 Å². The summed E-state index contributed by atoms with van der Waals surface area (Å²) in [6.45, 7) is 5.38. The first kappa shape index (κ1) is 17.4. The molecular weight excluding hydrogens is 318 g/mol. The largest absolute Gasteiger partial charge is 0.461 e. The van der Waals surface area contributed by atoms with Crippen LogP contribution in [0.25, 0.3) is 0 Å². The fourth-order valence-electron chi connectivity index (χ4n) is 1.24. The van der Waals surface area contributed by atoms with Gasteiger partial charge in [0.2, 0.25) is 0 Å². The highest BCUT2D eigenvalue weighted by atomic mass is 79.9. The predicted octanol–water partition coefficient (Wildman–Crippen LogP) is 3.37. The fraction of sp³-hybridized carbons (Fsp3) is 0.462. The van der Waals surface area contributed by atoms with Gasteiger partial charge in [0.25, 0.3) is 0 Å². The van der Waals surface area contributed by atoms with E-state index in [2.05, 4.69) is 34.7 Å². The zero-order valence-electron chi connectivity index (χ0n) is 10.9. The number of carbonyl (C=O) groups is 1. The lowest BCUT2D eigenvalue weighted by Gasteiger charge is -2.20. The average molecular weight is 337 g/mol. The van der Waals surface area contributed by atoms with Crippen molar-refractivity contribution < 1.29 is 9.53 Å². The molecular formula is C13H19BrClNO2. The summed E-state index contributed by atoms with van der Waals surface area (Å²) in [6, 6.07) is 7.66. The molecule has 3 nitrogen and oxygen atoms in total. The maximum atomic E-state index is 11.7. The Morgan fingerprint density at radius 2 is 2.11 bits per heavy atom. The molecule has 1 aromatic carbocycles. The molecule has 0 saturated heterocycles. The second-order valence-electron chi connectivity index (χ2n) is 4.22. The Morgan fingerprint density at radius 3 is 2.67 bits per heavy atom. The van der Waals surface area contributed by atoms with Crippen LogP contribution in [0.15, 0.2) is 28.7 Å². The van der Waals surface area contributed by atoms with E-state index < -0.39 is 0 Å². The van der Waals surface area contributed by atoms with E-state index in [1.165, 1.54) is 0 Å². The van der Waals surface area contributed by atoms with E-state index in [1.54, 1.807) is 12.1 Å². The van der Waals surface area contributed by atoms with Gasteiger partial charge in [-0.05, 0) is 39.1 Å². The number of esters is 1. The highest BCUT2D eigenvalue weighted by Gasteiger charge is 2.08. The van der Waals surface area contributed by atoms with Crippen LogP contribution in [0.1, 0.15) is 24.2 Å². The summed E-state index contributed by atoms with van der Waals surface area (Å²) in [7, 11) is 2.01. The minimum Gasteiger partial charge on any atom is -0.461 e. The number of hydrogen-bond acceptors (Lipinski definition) is 3. The van der Waals surface area contributed by atoms with Gasteiger partial charge in [0, 0.05) is 17.1 Å². The summed E-state index contributed by atoms with van der Waals surface area (Å²) in [5.41, 5.74) is 0.576. The highest BCUT2D eigenvalue weighted by molar-refractivity contribution is 9.10. The third-order valence-corrected chi connectivity index (χ3v) is 3.11. The minimum atomic E-state index is -0.275. The van der Waals surface area contributed by atoms with Crippen molar-refractivity contribution in [1.29, 1.82) is 0 Å². The smallest absolute Gasteiger partial charge is 0.338 e. The molecule has 0 spiro atoms. The second kappa shape index (κ2) is 8.51. The van der Waals surface area contributed by atoms with Gasteiger partial charge in [0.15, 0.2) is 0 Å². The van der Waals surface area contributed by atoms with Crippen LogP contribution in [0.4, 0.5) is 0 Å². The molecule has 0 aliphatic heterocycles. The van der Waals surface area contributed by atoms with E-state index in [9.17, 15) is 4.79 Å². The summed E-state index contributed by atoms with van der Waals surface area (Å²) in [6.07, 6.45) is 0. The van der Waals surface area contributed by atoms with E-state index in [0.29, 0.717) is 18.2 Å². The van der Waals surface area contributed by atoms with Crippen LogP contribution in [0.2, 0.25) is 0 Å². The maximum absolute atomic E-state index is 11.7. The predicted molar refractivity (Wildman–Crippen MR) is 79.4 cm³/mol. The summed E-state index contributed by atoms with van der Waals surface area (Å²) in [4.78, 5) is 13.8. The number of hydrogen-bond donors (Lipinski definition) is 0. The Morgan fingerprint density at radius 1 is 1.44 bits per heavy atom. The Labute approximate surface area is 123 Å². The van der Waals surface area contributed by atoms with Crippen molar-refractivity contribution in [3.05, 3.63) is 34.3 Å². The first-order valence-electron chi connectivity index (χ1n) is 5.63. The van der Waals surface area contributed by atoms with E-state index >= 15 is 0 Å². The number of nitrogens with zero attached hydrogens (tertiary/aromatic N) is 1. The maximum Gasteiger partial charge on any atom is 0.338 e. The minimum absolute atomic E-state index is 0. The van der Waals surface area contributed by atoms with Gasteiger partial charge in [0.1, 0.15) is 6.61 Å². The highest BCUT2D eigenvalue weighted by Crippen LogP contribution is 2.12. The van der Waals surface area contributed by atoms with Crippen LogP contribution >= 0.6 is 28.3 Å². The number of halogens is 2. The zero-order chi connectivity index (χ0) is 12.8. The Kier molecular flexibility index (Phi) is 8.24. The topological polar surface area (TPSA) is 29.5 Å². The molecule has 0 heterocycles. The monoisotopic (exact) mass is 335 g/mol. The van der Waals surface area contributed by atoms with Crippen molar-refractivity contribution in [3.63, 3.8) is 0 Å². The lowest BCUT2D eigenvalue weighted by atomic mass is 10.2. The zero-order valence-corrected chi connectivity index (χ0v) is 13.3. The van der Waals surface area contributed by atoms with Gasteiger partial charge >= 0.3 is 5.97 Å². The van der Waals surface area contributed by atoms with Gasteiger partial charge in [-0.1, -0.05) is 22.0 Å². The molecule has 0 fully saturated rings.